The van der Waals surface area contributed by atoms with Crippen molar-refractivity contribution in [1.29, 1.82) is 0 Å². The first-order chi connectivity index (χ1) is 21.5. The number of nitrogens with zero attached hydrogens (tertiary/aromatic N) is 1. The fourth-order valence-corrected chi connectivity index (χ4v) is 4.87. The fraction of sp³-hybridized carbons (Fsp3) is 0.0811. The number of hydrogen-bond donors (Lipinski definition) is 2. The van der Waals surface area contributed by atoms with E-state index < -0.39 is 0 Å². The van der Waals surface area contributed by atoms with Crippen molar-refractivity contribution in [3.8, 4) is 0 Å². The van der Waals surface area contributed by atoms with Gasteiger partial charge in [0.25, 0.3) is 0 Å². The highest BCUT2D eigenvalue weighted by Gasteiger charge is 2.20. The molecule has 5 aromatic carbocycles. The van der Waals surface area contributed by atoms with E-state index in [4.69, 9.17) is 0 Å². The van der Waals surface area contributed by atoms with E-state index in [1.807, 2.05) is 42.5 Å². The first-order valence-electron chi connectivity index (χ1n) is 14.2. The molecule has 44 heavy (non-hydrogen) atoms. The molecule has 2 N–H and O–H groups in total. The lowest BCUT2D eigenvalue weighted by atomic mass is 10.0. The molecule has 0 radical (unpaired) electrons. The van der Waals surface area contributed by atoms with Crippen molar-refractivity contribution in [3.05, 3.63) is 167 Å². The Hall–Kier alpha value is -5.66. The van der Waals surface area contributed by atoms with Crippen LogP contribution in [0.2, 0.25) is 0 Å². The molecule has 0 heterocycles. The molecule has 0 atom stereocenters. The minimum Gasteiger partial charge on any atom is -0.324 e. The Morgan fingerprint density at radius 3 is 1.25 bits per heavy atom. The molecule has 0 aliphatic carbocycles. The number of ketones is 2. The molecule has 0 saturated carbocycles. The molecule has 0 aliphatic heterocycles. The van der Waals surface area contributed by atoms with E-state index in [9.17, 15) is 19.2 Å². The first kappa shape index (κ1) is 29.8. The van der Waals surface area contributed by atoms with E-state index in [0.717, 1.165) is 5.56 Å². The number of amides is 2. The van der Waals surface area contributed by atoms with Crippen LogP contribution in [-0.2, 0) is 16.1 Å². The zero-order valence-corrected chi connectivity index (χ0v) is 24.0. The van der Waals surface area contributed by atoms with Gasteiger partial charge in [-0.1, -0.05) is 115 Å². The summed E-state index contributed by atoms with van der Waals surface area (Å²) < 4.78 is 0. The van der Waals surface area contributed by atoms with Crippen LogP contribution in [0, 0.1) is 0 Å². The second kappa shape index (κ2) is 14.5. The summed E-state index contributed by atoms with van der Waals surface area (Å²) in [4.78, 5) is 54.7. The average molecular weight is 582 g/mol. The third-order valence-electron chi connectivity index (χ3n) is 6.95. The number of benzene rings is 5. The van der Waals surface area contributed by atoms with Crippen LogP contribution < -0.4 is 10.6 Å². The molecule has 0 saturated heterocycles. The predicted octanol–water partition coefficient (Wildman–Crippen LogP) is 6.23. The number of carbonyl (C=O) groups is 4. The Bertz CT molecular complexity index is 1650. The molecule has 0 aliphatic rings. The van der Waals surface area contributed by atoms with Crippen LogP contribution in [0.4, 0.5) is 11.4 Å². The van der Waals surface area contributed by atoms with Gasteiger partial charge >= 0.3 is 0 Å². The Kier molecular flexibility index (Phi) is 9.82. The molecular formula is C37H31N3O4. The van der Waals surface area contributed by atoms with Gasteiger partial charge in [-0.05, 0) is 29.8 Å². The Morgan fingerprint density at radius 2 is 0.818 bits per heavy atom. The number of carbonyl (C=O) groups excluding carboxylic acids is 4. The first-order valence-corrected chi connectivity index (χ1v) is 14.2. The molecule has 0 spiro atoms. The van der Waals surface area contributed by atoms with Gasteiger partial charge in [-0.3, -0.25) is 24.1 Å². The van der Waals surface area contributed by atoms with Gasteiger partial charge in [0, 0.05) is 28.8 Å². The van der Waals surface area contributed by atoms with Crippen molar-refractivity contribution < 1.29 is 19.2 Å². The maximum Gasteiger partial charge on any atom is 0.238 e. The quantitative estimate of drug-likeness (QED) is 0.170. The smallest absolute Gasteiger partial charge is 0.238 e. The number of hydrogen-bond acceptors (Lipinski definition) is 5. The Morgan fingerprint density at radius 1 is 0.455 bits per heavy atom. The van der Waals surface area contributed by atoms with Crippen molar-refractivity contribution in [2.45, 2.75) is 6.54 Å². The minimum absolute atomic E-state index is 0.110. The van der Waals surface area contributed by atoms with Gasteiger partial charge in [-0.25, -0.2) is 0 Å². The van der Waals surface area contributed by atoms with Gasteiger partial charge in [0.05, 0.1) is 24.5 Å². The highest BCUT2D eigenvalue weighted by atomic mass is 16.2. The molecule has 0 unspecified atom stereocenters. The molecule has 2 amide bonds. The summed E-state index contributed by atoms with van der Waals surface area (Å²) in [5.41, 5.74) is 3.49. The number of rotatable bonds is 12. The SMILES string of the molecule is O=C(CN(CC(=O)Nc1ccccc1C(=O)c1ccccc1)Cc1ccccc1)Nc1ccccc1C(=O)c1ccccc1. The van der Waals surface area contributed by atoms with Crippen molar-refractivity contribution in [1.82, 2.24) is 4.90 Å². The van der Waals surface area contributed by atoms with Gasteiger partial charge in [0.2, 0.25) is 11.8 Å². The third kappa shape index (κ3) is 7.79. The number of para-hydroxylation sites is 2. The Labute approximate surface area is 256 Å². The topological polar surface area (TPSA) is 95.6 Å². The molecule has 7 nitrogen and oxygen atoms in total. The number of anilines is 2. The van der Waals surface area contributed by atoms with E-state index in [2.05, 4.69) is 10.6 Å². The summed E-state index contributed by atoms with van der Waals surface area (Å²) in [6, 6.07) is 41.0. The Balaban J connectivity index is 1.31. The molecule has 5 rings (SSSR count). The lowest BCUT2D eigenvalue weighted by Crippen LogP contribution is -2.38. The van der Waals surface area contributed by atoms with Crippen LogP contribution in [-0.4, -0.2) is 41.4 Å². The second-order valence-electron chi connectivity index (χ2n) is 10.2. The lowest BCUT2D eigenvalue weighted by Gasteiger charge is -2.22. The third-order valence-corrected chi connectivity index (χ3v) is 6.95. The van der Waals surface area contributed by atoms with Crippen LogP contribution >= 0.6 is 0 Å². The molecular weight excluding hydrogens is 550 g/mol. The van der Waals surface area contributed by atoms with Crippen LogP contribution in [0.5, 0.6) is 0 Å². The van der Waals surface area contributed by atoms with Crippen LogP contribution in [0.3, 0.4) is 0 Å². The summed E-state index contributed by atoms with van der Waals surface area (Å²) >= 11 is 0. The van der Waals surface area contributed by atoms with Crippen molar-refractivity contribution >= 4 is 34.8 Å². The van der Waals surface area contributed by atoms with Crippen molar-refractivity contribution in [3.63, 3.8) is 0 Å². The van der Waals surface area contributed by atoms with Crippen LogP contribution in [0.25, 0.3) is 0 Å². The average Bonchev–Trinajstić information content (AvgIpc) is 3.06. The zero-order chi connectivity index (χ0) is 30.7. The summed E-state index contributed by atoms with van der Waals surface area (Å²) in [6.45, 7) is 0.110. The predicted molar refractivity (Wildman–Crippen MR) is 172 cm³/mol. The van der Waals surface area contributed by atoms with Gasteiger partial charge in [0.1, 0.15) is 0 Å². The monoisotopic (exact) mass is 581 g/mol. The normalized spacial score (nSPS) is 10.7. The maximum absolute atomic E-state index is 13.3. The highest BCUT2D eigenvalue weighted by molar-refractivity contribution is 6.14. The van der Waals surface area contributed by atoms with Gasteiger partial charge < -0.3 is 10.6 Å². The van der Waals surface area contributed by atoms with E-state index in [0.29, 0.717) is 40.2 Å². The summed E-state index contributed by atoms with van der Waals surface area (Å²) in [5.74, 6) is -1.15. The van der Waals surface area contributed by atoms with Gasteiger partial charge in [-0.2, -0.15) is 0 Å². The second-order valence-corrected chi connectivity index (χ2v) is 10.2. The minimum atomic E-state index is -0.373. The number of nitrogens with one attached hydrogen (secondary N) is 2. The standard InChI is InChI=1S/C37H31N3O4/c41-34(38-32-22-12-10-20-30(32)36(43)28-16-6-2-7-17-28)25-40(24-27-14-4-1-5-15-27)26-35(42)39-33-23-13-11-21-31(33)37(44)29-18-8-3-9-19-29/h1-23H,24-26H2,(H,38,41)(H,39,42). The maximum atomic E-state index is 13.3. The molecule has 218 valence electrons. The molecule has 0 fully saturated rings. The van der Waals surface area contributed by atoms with E-state index in [1.54, 1.807) is 102 Å². The van der Waals surface area contributed by atoms with Gasteiger partial charge in [0.15, 0.2) is 11.6 Å². The van der Waals surface area contributed by atoms with Crippen molar-refractivity contribution in [2.24, 2.45) is 0 Å². The van der Waals surface area contributed by atoms with E-state index in [1.165, 1.54) is 0 Å². The molecule has 0 bridgehead atoms. The van der Waals surface area contributed by atoms with Crippen LogP contribution in [0.15, 0.2) is 140 Å². The largest absolute Gasteiger partial charge is 0.324 e. The summed E-state index contributed by atoms with van der Waals surface area (Å²) in [5, 5.41) is 5.73. The molecule has 0 aromatic heterocycles. The molecule has 5 aromatic rings. The van der Waals surface area contributed by atoms with E-state index >= 15 is 0 Å². The molecule has 7 heteroatoms. The lowest BCUT2D eigenvalue weighted by molar-refractivity contribution is -0.120. The van der Waals surface area contributed by atoms with Gasteiger partial charge in [-0.15, -0.1) is 0 Å². The van der Waals surface area contributed by atoms with Crippen molar-refractivity contribution in [2.75, 3.05) is 23.7 Å². The van der Waals surface area contributed by atoms with Crippen LogP contribution in [0.1, 0.15) is 37.4 Å². The zero-order valence-electron chi connectivity index (χ0n) is 24.0. The van der Waals surface area contributed by atoms with E-state index in [-0.39, 0.29) is 36.5 Å². The fourth-order valence-electron chi connectivity index (χ4n) is 4.87. The summed E-state index contributed by atoms with van der Waals surface area (Å²) in [7, 11) is 0. The highest BCUT2D eigenvalue weighted by Crippen LogP contribution is 2.21. The summed E-state index contributed by atoms with van der Waals surface area (Å²) in [6.07, 6.45) is 0.